The lowest BCUT2D eigenvalue weighted by Gasteiger charge is -2.13. The summed E-state index contributed by atoms with van der Waals surface area (Å²) >= 11 is 0. The van der Waals surface area contributed by atoms with E-state index in [2.05, 4.69) is 4.74 Å². The third-order valence-corrected chi connectivity index (χ3v) is 2.20. The first-order valence-corrected chi connectivity index (χ1v) is 4.68. The number of ether oxygens (including phenoxy) is 1. The number of alkyl halides is 3. The van der Waals surface area contributed by atoms with Gasteiger partial charge in [0.2, 0.25) is 0 Å². The number of Topliss-reactive ketones (excluding diaryl/α,β-unsaturated/α-hetero) is 1. The van der Waals surface area contributed by atoms with Crippen LogP contribution >= 0.6 is 0 Å². The Kier molecular flexibility index (Phi) is 3.73. The second kappa shape index (κ2) is 4.75. The van der Waals surface area contributed by atoms with Crippen molar-refractivity contribution in [3.05, 3.63) is 34.6 Å². The molecule has 0 aliphatic carbocycles. The van der Waals surface area contributed by atoms with Crippen LogP contribution in [0.4, 0.5) is 17.6 Å². The summed E-state index contributed by atoms with van der Waals surface area (Å²) in [6.45, 7) is 0.877. The summed E-state index contributed by atoms with van der Waals surface area (Å²) in [5.74, 6) is -3.43. The van der Waals surface area contributed by atoms with E-state index in [1.165, 1.54) is 0 Å². The standard InChI is InChI=1S/C11H8F4O3/c1-5(16)6-4-9(12)7(10(17)18-2)3-8(6)11(13,14)15/h3-4H,1-2H3. The molecule has 0 spiro atoms. The number of hydrogen-bond acceptors (Lipinski definition) is 3. The lowest BCUT2D eigenvalue weighted by molar-refractivity contribution is -0.138. The van der Waals surface area contributed by atoms with Crippen LogP contribution < -0.4 is 0 Å². The van der Waals surface area contributed by atoms with Gasteiger partial charge in [-0.15, -0.1) is 0 Å². The molecule has 0 bridgehead atoms. The predicted octanol–water partition coefficient (Wildman–Crippen LogP) is 2.83. The quantitative estimate of drug-likeness (QED) is 0.468. The zero-order valence-corrected chi connectivity index (χ0v) is 9.39. The highest BCUT2D eigenvalue weighted by Crippen LogP contribution is 2.34. The van der Waals surface area contributed by atoms with Crippen molar-refractivity contribution in [1.82, 2.24) is 0 Å². The van der Waals surface area contributed by atoms with Crippen LogP contribution in [0.1, 0.15) is 33.2 Å². The summed E-state index contributed by atoms with van der Waals surface area (Å²) in [4.78, 5) is 22.1. The van der Waals surface area contributed by atoms with Gasteiger partial charge in [-0.1, -0.05) is 0 Å². The van der Waals surface area contributed by atoms with Crippen LogP contribution in [0.3, 0.4) is 0 Å². The van der Waals surface area contributed by atoms with E-state index in [0.717, 1.165) is 14.0 Å². The van der Waals surface area contributed by atoms with Gasteiger partial charge in [-0.05, 0) is 19.1 Å². The van der Waals surface area contributed by atoms with Gasteiger partial charge in [-0.25, -0.2) is 9.18 Å². The molecule has 0 heterocycles. The fourth-order valence-electron chi connectivity index (χ4n) is 1.37. The van der Waals surface area contributed by atoms with Gasteiger partial charge in [0.1, 0.15) is 5.82 Å². The SMILES string of the molecule is COC(=O)c1cc(C(F)(F)F)c(C(C)=O)cc1F. The fourth-order valence-corrected chi connectivity index (χ4v) is 1.37. The molecule has 7 heteroatoms. The van der Waals surface area contributed by atoms with Gasteiger partial charge in [0.25, 0.3) is 0 Å². The van der Waals surface area contributed by atoms with E-state index in [9.17, 15) is 27.2 Å². The van der Waals surface area contributed by atoms with Crippen molar-refractivity contribution in [2.45, 2.75) is 13.1 Å². The largest absolute Gasteiger partial charge is 0.465 e. The Hall–Kier alpha value is -1.92. The first kappa shape index (κ1) is 14.1. The van der Waals surface area contributed by atoms with Gasteiger partial charge in [-0.3, -0.25) is 4.79 Å². The van der Waals surface area contributed by atoms with Crippen LogP contribution in [0.2, 0.25) is 0 Å². The number of benzene rings is 1. The highest BCUT2D eigenvalue weighted by Gasteiger charge is 2.36. The van der Waals surface area contributed by atoms with Gasteiger partial charge in [0.05, 0.1) is 18.2 Å². The van der Waals surface area contributed by atoms with E-state index >= 15 is 0 Å². The summed E-state index contributed by atoms with van der Waals surface area (Å²) in [5, 5.41) is 0. The minimum atomic E-state index is -4.86. The van der Waals surface area contributed by atoms with Crippen LogP contribution in [0.5, 0.6) is 0 Å². The first-order valence-electron chi connectivity index (χ1n) is 4.68. The molecule has 1 aromatic rings. The molecule has 0 atom stereocenters. The Morgan fingerprint density at radius 3 is 2.11 bits per heavy atom. The van der Waals surface area contributed by atoms with Crippen molar-refractivity contribution < 1.29 is 31.9 Å². The summed E-state index contributed by atoms with van der Waals surface area (Å²) < 4.78 is 55.5. The zero-order chi connectivity index (χ0) is 14.1. The third kappa shape index (κ3) is 2.66. The van der Waals surface area contributed by atoms with Crippen molar-refractivity contribution in [2.75, 3.05) is 7.11 Å². The fraction of sp³-hybridized carbons (Fsp3) is 0.273. The molecule has 0 saturated carbocycles. The molecule has 0 aliphatic heterocycles. The minimum absolute atomic E-state index is 0.276. The number of esters is 1. The second-order valence-corrected chi connectivity index (χ2v) is 3.42. The highest BCUT2D eigenvalue weighted by molar-refractivity contribution is 5.98. The molecule has 0 N–H and O–H groups in total. The number of ketones is 1. The average molecular weight is 264 g/mol. The smallest absolute Gasteiger partial charge is 0.417 e. The van der Waals surface area contributed by atoms with Crippen LogP contribution in [0.25, 0.3) is 0 Å². The molecule has 98 valence electrons. The van der Waals surface area contributed by atoms with E-state index in [1.807, 2.05) is 0 Å². The number of hydrogen-bond donors (Lipinski definition) is 0. The summed E-state index contributed by atoms with van der Waals surface area (Å²) in [6.07, 6.45) is -4.86. The van der Waals surface area contributed by atoms with Crippen LogP contribution in [0, 0.1) is 5.82 Å². The van der Waals surface area contributed by atoms with Crippen molar-refractivity contribution >= 4 is 11.8 Å². The second-order valence-electron chi connectivity index (χ2n) is 3.42. The van der Waals surface area contributed by atoms with Gasteiger partial charge in [-0.2, -0.15) is 13.2 Å². The summed E-state index contributed by atoms with van der Waals surface area (Å²) in [7, 11) is 0.911. The number of carbonyl (C=O) groups excluding carboxylic acids is 2. The average Bonchev–Trinajstić information content (AvgIpc) is 2.25. The number of rotatable bonds is 2. The normalized spacial score (nSPS) is 11.2. The van der Waals surface area contributed by atoms with E-state index < -0.39 is 40.4 Å². The summed E-state index contributed by atoms with van der Waals surface area (Å²) in [6, 6.07) is 0.662. The Balaban J connectivity index is 3.56. The number of halogens is 4. The van der Waals surface area contributed by atoms with E-state index in [0.29, 0.717) is 6.07 Å². The maximum Gasteiger partial charge on any atom is 0.417 e. The van der Waals surface area contributed by atoms with Crippen molar-refractivity contribution in [2.24, 2.45) is 0 Å². The van der Waals surface area contributed by atoms with Gasteiger partial charge in [0.15, 0.2) is 5.78 Å². The molecule has 0 fully saturated rings. The van der Waals surface area contributed by atoms with E-state index in [-0.39, 0.29) is 6.07 Å². The molecule has 3 nitrogen and oxygen atoms in total. The molecule has 0 saturated heterocycles. The molecule has 18 heavy (non-hydrogen) atoms. The highest BCUT2D eigenvalue weighted by atomic mass is 19.4. The topological polar surface area (TPSA) is 43.4 Å². The van der Waals surface area contributed by atoms with Crippen molar-refractivity contribution in [1.29, 1.82) is 0 Å². The van der Waals surface area contributed by atoms with Gasteiger partial charge >= 0.3 is 12.1 Å². The molecule has 0 radical (unpaired) electrons. The number of methoxy groups -OCH3 is 1. The van der Waals surface area contributed by atoms with Crippen LogP contribution in [-0.2, 0) is 10.9 Å². The Labute approximate surface area is 99.4 Å². The Bertz CT molecular complexity index is 506. The van der Waals surface area contributed by atoms with Crippen molar-refractivity contribution in [3.8, 4) is 0 Å². The predicted molar refractivity (Wildman–Crippen MR) is 52.7 cm³/mol. The molecular weight excluding hydrogens is 256 g/mol. The molecule has 0 aliphatic rings. The van der Waals surface area contributed by atoms with Crippen molar-refractivity contribution in [3.63, 3.8) is 0 Å². The van der Waals surface area contributed by atoms with E-state index in [4.69, 9.17) is 0 Å². The number of carbonyl (C=O) groups is 2. The zero-order valence-electron chi connectivity index (χ0n) is 9.39. The third-order valence-electron chi connectivity index (χ3n) is 2.20. The maximum absolute atomic E-state index is 13.4. The van der Waals surface area contributed by atoms with E-state index in [1.54, 1.807) is 0 Å². The lowest BCUT2D eigenvalue weighted by atomic mass is 10.00. The molecule has 0 aromatic heterocycles. The lowest BCUT2D eigenvalue weighted by Crippen LogP contribution is -2.15. The summed E-state index contributed by atoms with van der Waals surface area (Å²) in [5.41, 5.74) is -3.06. The molecule has 0 unspecified atom stereocenters. The first-order chi connectivity index (χ1) is 8.18. The van der Waals surface area contributed by atoms with Crippen LogP contribution in [0.15, 0.2) is 12.1 Å². The minimum Gasteiger partial charge on any atom is -0.465 e. The molecule has 1 aromatic carbocycles. The maximum atomic E-state index is 13.4. The van der Waals surface area contributed by atoms with Crippen LogP contribution in [-0.4, -0.2) is 18.9 Å². The Morgan fingerprint density at radius 1 is 1.17 bits per heavy atom. The van der Waals surface area contributed by atoms with Gasteiger partial charge < -0.3 is 4.74 Å². The molecular formula is C11H8F4O3. The van der Waals surface area contributed by atoms with Gasteiger partial charge in [0, 0.05) is 5.56 Å². The molecule has 1 rings (SSSR count). The Morgan fingerprint density at radius 2 is 1.72 bits per heavy atom. The molecule has 0 amide bonds. The monoisotopic (exact) mass is 264 g/mol.